The third-order valence-corrected chi connectivity index (χ3v) is 4.80. The molecule has 2 N–H and O–H groups in total. The number of hydrogen-bond acceptors (Lipinski definition) is 3. The van der Waals surface area contributed by atoms with Crippen LogP contribution in [0.1, 0.15) is 44.9 Å². The van der Waals surface area contributed by atoms with Crippen molar-refractivity contribution in [2.45, 2.75) is 50.5 Å². The topological polar surface area (TPSA) is 78.5 Å². The predicted octanol–water partition coefficient (Wildman–Crippen LogP) is 0.767. The van der Waals surface area contributed by atoms with Crippen molar-refractivity contribution in [1.29, 1.82) is 0 Å². The Kier molecular flexibility index (Phi) is 3.40. The first-order valence-electron chi connectivity index (χ1n) is 7.50. The average Bonchev–Trinajstić information content (AvgIpc) is 2.99. The molecule has 3 aliphatic rings. The second kappa shape index (κ2) is 5.07. The van der Waals surface area contributed by atoms with Crippen LogP contribution in [0.2, 0.25) is 0 Å². The van der Waals surface area contributed by atoms with E-state index in [1.54, 1.807) is 4.90 Å². The molecule has 2 saturated heterocycles. The van der Waals surface area contributed by atoms with E-state index >= 15 is 0 Å². The molecular weight excluding hydrogens is 258 g/mol. The summed E-state index contributed by atoms with van der Waals surface area (Å²) < 4.78 is 0. The Morgan fingerprint density at radius 3 is 2.65 bits per heavy atom. The van der Waals surface area contributed by atoms with Crippen LogP contribution in [0.25, 0.3) is 0 Å². The van der Waals surface area contributed by atoms with Crippen molar-refractivity contribution in [3.05, 3.63) is 0 Å². The highest BCUT2D eigenvalue weighted by atomic mass is 16.2. The molecule has 2 aliphatic heterocycles. The molecule has 0 radical (unpaired) electrons. The summed E-state index contributed by atoms with van der Waals surface area (Å²) in [5, 5.41) is 4.99. The molecule has 0 aromatic carbocycles. The van der Waals surface area contributed by atoms with Crippen LogP contribution in [0.5, 0.6) is 0 Å². The highest BCUT2D eigenvalue weighted by Gasteiger charge is 2.49. The fourth-order valence-electron chi connectivity index (χ4n) is 3.67. The van der Waals surface area contributed by atoms with E-state index in [0.717, 1.165) is 19.3 Å². The van der Waals surface area contributed by atoms with Gasteiger partial charge in [0, 0.05) is 13.0 Å². The minimum absolute atomic E-state index is 0.130. The van der Waals surface area contributed by atoms with Gasteiger partial charge in [0.2, 0.25) is 5.91 Å². The molecule has 1 aliphatic carbocycles. The fraction of sp³-hybridized carbons (Fsp3) is 0.786. The maximum atomic E-state index is 12.4. The summed E-state index contributed by atoms with van der Waals surface area (Å²) in [6.07, 6.45) is 6.68. The number of urea groups is 1. The number of imide groups is 1. The molecule has 4 amide bonds. The molecule has 1 spiro atoms. The Balaban J connectivity index is 1.64. The lowest BCUT2D eigenvalue weighted by atomic mass is 9.88. The molecule has 0 bridgehead atoms. The molecule has 110 valence electrons. The summed E-state index contributed by atoms with van der Waals surface area (Å²) >= 11 is 0. The Bertz CT molecular complexity index is 445. The molecule has 3 rings (SSSR count). The molecule has 6 nitrogen and oxygen atoms in total. The fourth-order valence-corrected chi connectivity index (χ4v) is 3.67. The number of likely N-dealkylation sites (tertiary alicyclic amines) is 1. The van der Waals surface area contributed by atoms with Crippen molar-refractivity contribution in [3.8, 4) is 0 Å². The Morgan fingerprint density at radius 1 is 1.25 bits per heavy atom. The summed E-state index contributed by atoms with van der Waals surface area (Å²) in [5.41, 5.74) is -0.888. The number of carbonyl (C=O) groups excluding carboxylic acids is 3. The van der Waals surface area contributed by atoms with Gasteiger partial charge in [-0.2, -0.15) is 0 Å². The SMILES string of the molecule is O=C1NC(=O)C2(CCCN(C(=O)CC3CCCC3)C2)N1. The number of piperidine rings is 1. The lowest BCUT2D eigenvalue weighted by molar-refractivity contribution is -0.137. The molecule has 6 heteroatoms. The zero-order valence-electron chi connectivity index (χ0n) is 11.6. The minimum Gasteiger partial charge on any atom is -0.340 e. The van der Waals surface area contributed by atoms with Crippen molar-refractivity contribution in [1.82, 2.24) is 15.5 Å². The largest absolute Gasteiger partial charge is 0.340 e. The standard InChI is InChI=1S/C14H21N3O3/c18-11(8-10-4-1-2-5-10)17-7-3-6-14(9-17)12(19)15-13(20)16-14/h10H,1-9H2,(H2,15,16,19,20). The van der Waals surface area contributed by atoms with E-state index in [1.165, 1.54) is 12.8 Å². The van der Waals surface area contributed by atoms with Gasteiger partial charge in [0.1, 0.15) is 5.54 Å². The molecule has 1 atom stereocenters. The smallest absolute Gasteiger partial charge is 0.322 e. The van der Waals surface area contributed by atoms with Crippen molar-refractivity contribution in [2.75, 3.05) is 13.1 Å². The number of amides is 4. The maximum Gasteiger partial charge on any atom is 0.322 e. The van der Waals surface area contributed by atoms with Crippen molar-refractivity contribution < 1.29 is 14.4 Å². The molecule has 1 unspecified atom stereocenters. The van der Waals surface area contributed by atoms with E-state index in [1.807, 2.05) is 0 Å². The van der Waals surface area contributed by atoms with E-state index in [4.69, 9.17) is 0 Å². The lowest BCUT2D eigenvalue weighted by Gasteiger charge is -2.38. The second-order valence-electron chi connectivity index (χ2n) is 6.26. The molecule has 20 heavy (non-hydrogen) atoms. The van der Waals surface area contributed by atoms with Gasteiger partial charge in [-0.3, -0.25) is 14.9 Å². The number of carbonyl (C=O) groups is 3. The van der Waals surface area contributed by atoms with Crippen molar-refractivity contribution in [3.63, 3.8) is 0 Å². The molecule has 0 aromatic rings. The van der Waals surface area contributed by atoms with Crippen molar-refractivity contribution >= 4 is 17.8 Å². The van der Waals surface area contributed by atoms with Gasteiger partial charge in [-0.1, -0.05) is 12.8 Å². The molecule has 0 aromatic heterocycles. The molecular formula is C14H21N3O3. The van der Waals surface area contributed by atoms with E-state index in [-0.39, 0.29) is 11.8 Å². The van der Waals surface area contributed by atoms with Crippen molar-refractivity contribution in [2.24, 2.45) is 5.92 Å². The number of nitrogens with zero attached hydrogens (tertiary/aromatic N) is 1. The van der Waals surface area contributed by atoms with Crippen LogP contribution in [0, 0.1) is 5.92 Å². The quantitative estimate of drug-likeness (QED) is 0.733. The van der Waals surface area contributed by atoms with Gasteiger partial charge in [-0.15, -0.1) is 0 Å². The number of hydrogen-bond donors (Lipinski definition) is 2. The number of rotatable bonds is 2. The predicted molar refractivity (Wildman–Crippen MR) is 71.8 cm³/mol. The molecule has 1 saturated carbocycles. The first-order chi connectivity index (χ1) is 9.59. The molecule has 3 fully saturated rings. The minimum atomic E-state index is -0.888. The van der Waals surface area contributed by atoms with Crippen LogP contribution in [0.3, 0.4) is 0 Å². The third kappa shape index (κ3) is 2.39. The van der Waals surface area contributed by atoms with Gasteiger partial charge in [0.05, 0.1) is 6.54 Å². The first kappa shape index (κ1) is 13.4. The average molecular weight is 279 g/mol. The second-order valence-corrected chi connectivity index (χ2v) is 6.26. The van der Waals surface area contributed by atoms with Gasteiger partial charge < -0.3 is 10.2 Å². The van der Waals surface area contributed by atoms with Crippen LogP contribution in [-0.4, -0.2) is 41.4 Å². The van der Waals surface area contributed by atoms with Gasteiger partial charge >= 0.3 is 6.03 Å². The lowest BCUT2D eigenvalue weighted by Crippen LogP contribution is -2.59. The van der Waals surface area contributed by atoms with Crippen LogP contribution in [-0.2, 0) is 9.59 Å². The van der Waals surface area contributed by atoms with Crippen LogP contribution in [0.15, 0.2) is 0 Å². The van der Waals surface area contributed by atoms with Crippen LogP contribution in [0.4, 0.5) is 4.79 Å². The monoisotopic (exact) mass is 279 g/mol. The van der Waals surface area contributed by atoms with Gasteiger partial charge in [0.25, 0.3) is 5.91 Å². The number of nitrogens with one attached hydrogen (secondary N) is 2. The van der Waals surface area contributed by atoms with Crippen LogP contribution < -0.4 is 10.6 Å². The summed E-state index contributed by atoms with van der Waals surface area (Å²) in [6, 6.07) is -0.444. The van der Waals surface area contributed by atoms with E-state index in [9.17, 15) is 14.4 Å². The van der Waals surface area contributed by atoms with Gasteiger partial charge in [-0.25, -0.2) is 4.79 Å². The Morgan fingerprint density at radius 2 is 2.00 bits per heavy atom. The van der Waals surface area contributed by atoms with Gasteiger partial charge in [-0.05, 0) is 31.6 Å². The summed E-state index contributed by atoms with van der Waals surface area (Å²) in [7, 11) is 0. The highest BCUT2D eigenvalue weighted by molar-refractivity contribution is 6.07. The maximum absolute atomic E-state index is 12.4. The van der Waals surface area contributed by atoms with E-state index in [0.29, 0.717) is 31.8 Å². The normalized spacial score (nSPS) is 30.7. The summed E-state index contributed by atoms with van der Waals surface area (Å²) in [4.78, 5) is 37.4. The first-order valence-corrected chi connectivity index (χ1v) is 7.50. The zero-order valence-corrected chi connectivity index (χ0v) is 11.6. The van der Waals surface area contributed by atoms with E-state index in [2.05, 4.69) is 10.6 Å². The molecule has 2 heterocycles. The highest BCUT2D eigenvalue weighted by Crippen LogP contribution is 2.30. The Hall–Kier alpha value is -1.59. The zero-order chi connectivity index (χ0) is 14.2. The van der Waals surface area contributed by atoms with Crippen LogP contribution >= 0.6 is 0 Å². The summed E-state index contributed by atoms with van der Waals surface area (Å²) in [6.45, 7) is 1.01. The van der Waals surface area contributed by atoms with Gasteiger partial charge in [0.15, 0.2) is 0 Å². The van der Waals surface area contributed by atoms with E-state index < -0.39 is 11.6 Å². The third-order valence-electron chi connectivity index (χ3n) is 4.80. The Labute approximate surface area is 118 Å². The summed E-state index contributed by atoms with van der Waals surface area (Å²) in [5.74, 6) is 0.346.